The summed E-state index contributed by atoms with van der Waals surface area (Å²) in [6.45, 7) is 14.5. The van der Waals surface area contributed by atoms with Crippen LogP contribution in [0.15, 0.2) is 0 Å². The number of ether oxygens (including phenoxy) is 11. The molecule has 11 nitrogen and oxygen atoms in total. The van der Waals surface area contributed by atoms with Crippen LogP contribution >= 0.6 is 11.6 Å². The molecular weight excluding hydrogens is 620 g/mol. The summed E-state index contributed by atoms with van der Waals surface area (Å²) in [6, 6.07) is 0. The van der Waals surface area contributed by atoms with Crippen LogP contribution in [0.2, 0.25) is 0 Å². The highest BCUT2D eigenvalue weighted by molar-refractivity contribution is 6.17. The topological polar surface area (TPSA) is 102 Å². The van der Waals surface area contributed by atoms with Gasteiger partial charge in [0.15, 0.2) is 0 Å². The molecule has 0 aromatic heterocycles. The lowest BCUT2D eigenvalue weighted by Gasteiger charge is -2.09. The van der Waals surface area contributed by atoms with Crippen LogP contribution in [-0.2, 0) is 52.1 Å². The van der Waals surface area contributed by atoms with Gasteiger partial charge in [0.25, 0.3) is 0 Å². The van der Waals surface area contributed by atoms with E-state index in [-0.39, 0.29) is 0 Å². The van der Waals surface area contributed by atoms with Crippen molar-refractivity contribution in [3.63, 3.8) is 0 Å². The summed E-state index contributed by atoms with van der Waals surface area (Å²) >= 11 is 5.51. The smallest absolute Gasteiger partial charge is 0.0701 e. The highest BCUT2D eigenvalue weighted by atomic mass is 35.5. The molecule has 0 fully saturated rings. The molecule has 0 N–H and O–H groups in total. The van der Waals surface area contributed by atoms with Crippen LogP contribution in [0.1, 0.15) is 71.1 Å². The maximum Gasteiger partial charge on any atom is 0.0701 e. The van der Waals surface area contributed by atoms with Gasteiger partial charge in [-0.15, -0.1) is 11.6 Å². The van der Waals surface area contributed by atoms with E-state index in [0.29, 0.717) is 145 Å². The van der Waals surface area contributed by atoms with Crippen LogP contribution in [0.5, 0.6) is 0 Å². The van der Waals surface area contributed by atoms with E-state index in [1.807, 2.05) is 0 Å². The lowest BCUT2D eigenvalue weighted by molar-refractivity contribution is -0.0274. The van der Waals surface area contributed by atoms with Gasteiger partial charge >= 0.3 is 0 Å². The average Bonchev–Trinajstić information content (AvgIpc) is 3.07. The van der Waals surface area contributed by atoms with Gasteiger partial charge in [0.2, 0.25) is 0 Å². The third-order valence-corrected chi connectivity index (χ3v) is 6.74. The van der Waals surface area contributed by atoms with Crippen molar-refractivity contribution in [2.75, 3.05) is 151 Å². The average molecular weight is 689 g/mol. The van der Waals surface area contributed by atoms with Gasteiger partial charge in [0.1, 0.15) is 0 Å². The molecule has 0 aromatic carbocycles. The second-order valence-corrected chi connectivity index (χ2v) is 11.0. The molecule has 0 aromatic rings. The predicted molar refractivity (Wildman–Crippen MR) is 182 cm³/mol. The first-order valence-electron chi connectivity index (χ1n) is 17.8. The molecular formula is C34H69ClO11. The van der Waals surface area contributed by atoms with Gasteiger partial charge in [-0.3, -0.25) is 0 Å². The summed E-state index contributed by atoms with van der Waals surface area (Å²) in [5.74, 6) is 0.501. The number of rotatable bonds is 43. The number of hydrogen-bond acceptors (Lipinski definition) is 11. The number of unbranched alkanes of at least 4 members (excludes halogenated alkanes) is 9. The first-order valence-corrected chi connectivity index (χ1v) is 18.4. The van der Waals surface area contributed by atoms with Gasteiger partial charge in [-0.05, 0) is 6.42 Å². The summed E-state index contributed by atoms with van der Waals surface area (Å²) in [4.78, 5) is 0. The molecule has 0 saturated heterocycles. The van der Waals surface area contributed by atoms with E-state index in [1.54, 1.807) is 0 Å². The molecule has 0 saturated carbocycles. The summed E-state index contributed by atoms with van der Waals surface area (Å²) in [7, 11) is 0. The maximum atomic E-state index is 5.65. The Labute approximate surface area is 285 Å². The molecule has 0 atom stereocenters. The fourth-order valence-corrected chi connectivity index (χ4v) is 4.16. The zero-order valence-electron chi connectivity index (χ0n) is 29.2. The van der Waals surface area contributed by atoms with Gasteiger partial charge in [-0.25, -0.2) is 0 Å². The standard InChI is InChI=1S/C34H69ClO11/c1-2-3-4-5-6-7-8-9-10-11-13-36-15-17-38-19-21-40-23-25-42-27-29-44-31-33-46-34-32-45-30-28-43-26-24-41-22-20-39-18-16-37-14-12-35/h2-34H2,1H3. The molecule has 0 heterocycles. The van der Waals surface area contributed by atoms with Crippen molar-refractivity contribution in [2.24, 2.45) is 0 Å². The zero-order chi connectivity index (χ0) is 33.1. The number of halogens is 1. The van der Waals surface area contributed by atoms with Crippen LogP contribution < -0.4 is 0 Å². The Morgan fingerprint density at radius 3 is 0.674 bits per heavy atom. The molecule has 0 aliphatic heterocycles. The van der Waals surface area contributed by atoms with E-state index >= 15 is 0 Å². The van der Waals surface area contributed by atoms with E-state index in [4.69, 9.17) is 63.7 Å². The Hall–Kier alpha value is -0.150. The minimum Gasteiger partial charge on any atom is -0.379 e. The molecule has 0 spiro atoms. The summed E-state index contributed by atoms with van der Waals surface area (Å²) in [5, 5.41) is 0. The van der Waals surface area contributed by atoms with Crippen molar-refractivity contribution in [2.45, 2.75) is 71.1 Å². The van der Waals surface area contributed by atoms with E-state index < -0.39 is 0 Å². The van der Waals surface area contributed by atoms with Gasteiger partial charge in [-0.2, -0.15) is 0 Å². The van der Waals surface area contributed by atoms with Crippen molar-refractivity contribution in [1.29, 1.82) is 0 Å². The van der Waals surface area contributed by atoms with Crippen molar-refractivity contribution < 1.29 is 52.1 Å². The van der Waals surface area contributed by atoms with Crippen molar-refractivity contribution in [3.8, 4) is 0 Å². The summed E-state index contributed by atoms with van der Waals surface area (Å²) in [5.41, 5.74) is 0. The second kappa shape index (κ2) is 44.9. The third kappa shape index (κ3) is 43.9. The molecule has 0 amide bonds. The zero-order valence-corrected chi connectivity index (χ0v) is 30.0. The Bertz CT molecular complexity index is 479. The quantitative estimate of drug-likeness (QED) is 0.0614. The normalized spacial score (nSPS) is 11.6. The van der Waals surface area contributed by atoms with E-state index in [9.17, 15) is 0 Å². The molecule has 0 unspecified atom stereocenters. The number of hydrogen-bond donors (Lipinski definition) is 0. The molecule has 0 aliphatic carbocycles. The lowest BCUT2D eigenvalue weighted by atomic mass is 10.1. The van der Waals surface area contributed by atoms with Crippen molar-refractivity contribution in [3.05, 3.63) is 0 Å². The lowest BCUT2D eigenvalue weighted by Crippen LogP contribution is -2.15. The summed E-state index contributed by atoms with van der Waals surface area (Å²) in [6.07, 6.45) is 13.4. The van der Waals surface area contributed by atoms with E-state index in [2.05, 4.69) is 6.92 Å². The minimum atomic E-state index is 0.501. The minimum absolute atomic E-state index is 0.501. The molecule has 0 rings (SSSR count). The van der Waals surface area contributed by atoms with Crippen LogP contribution in [0.25, 0.3) is 0 Å². The number of alkyl halides is 1. The van der Waals surface area contributed by atoms with Crippen LogP contribution in [-0.4, -0.2) is 151 Å². The SMILES string of the molecule is CCCCCCCCCCCCOCCOCCOCCOCCOCCOCCOCCOCCOCCOCCOCCCl. The van der Waals surface area contributed by atoms with Crippen LogP contribution in [0.3, 0.4) is 0 Å². The monoisotopic (exact) mass is 688 g/mol. The van der Waals surface area contributed by atoms with Gasteiger partial charge in [0.05, 0.1) is 139 Å². The van der Waals surface area contributed by atoms with E-state index in [0.717, 1.165) is 13.0 Å². The molecule has 278 valence electrons. The van der Waals surface area contributed by atoms with E-state index in [1.165, 1.54) is 57.8 Å². The first-order chi connectivity index (χ1) is 22.9. The molecule has 12 heteroatoms. The van der Waals surface area contributed by atoms with Crippen molar-refractivity contribution in [1.82, 2.24) is 0 Å². The fourth-order valence-electron chi connectivity index (χ4n) is 4.05. The Balaban J connectivity index is 3.03. The second-order valence-electron chi connectivity index (χ2n) is 10.6. The third-order valence-electron chi connectivity index (χ3n) is 6.58. The highest BCUT2D eigenvalue weighted by Crippen LogP contribution is 2.10. The molecule has 0 aliphatic rings. The Morgan fingerprint density at radius 2 is 0.435 bits per heavy atom. The Kier molecular flexibility index (Phi) is 44.7. The predicted octanol–water partition coefficient (Wildman–Crippen LogP) is 5.33. The summed E-state index contributed by atoms with van der Waals surface area (Å²) < 4.78 is 60.1. The van der Waals surface area contributed by atoms with Crippen LogP contribution in [0, 0.1) is 0 Å². The molecule has 46 heavy (non-hydrogen) atoms. The largest absolute Gasteiger partial charge is 0.379 e. The highest BCUT2D eigenvalue weighted by Gasteiger charge is 1.97. The van der Waals surface area contributed by atoms with Crippen LogP contribution in [0.4, 0.5) is 0 Å². The fraction of sp³-hybridized carbons (Fsp3) is 1.00. The van der Waals surface area contributed by atoms with Gasteiger partial charge < -0.3 is 52.1 Å². The first kappa shape index (κ1) is 45.9. The Morgan fingerprint density at radius 1 is 0.239 bits per heavy atom. The van der Waals surface area contributed by atoms with Gasteiger partial charge in [-0.1, -0.05) is 64.7 Å². The van der Waals surface area contributed by atoms with Gasteiger partial charge in [0, 0.05) is 12.5 Å². The molecule has 0 bridgehead atoms. The van der Waals surface area contributed by atoms with Crippen molar-refractivity contribution >= 4 is 11.6 Å². The molecule has 0 radical (unpaired) electrons. The maximum absolute atomic E-state index is 5.65.